The third-order valence-corrected chi connectivity index (χ3v) is 3.98. The van der Waals surface area contributed by atoms with Gasteiger partial charge in [-0.05, 0) is 30.3 Å². The summed E-state index contributed by atoms with van der Waals surface area (Å²) in [5.41, 5.74) is 0.749. The molecule has 0 aliphatic heterocycles. The number of hydrogen-bond donors (Lipinski definition) is 0. The fourth-order valence-electron chi connectivity index (χ4n) is 2.56. The van der Waals surface area contributed by atoms with Crippen molar-refractivity contribution in [2.24, 2.45) is 0 Å². The second kappa shape index (κ2) is 7.41. The van der Waals surface area contributed by atoms with Gasteiger partial charge in [0, 0.05) is 37.2 Å². The van der Waals surface area contributed by atoms with E-state index in [0.717, 1.165) is 0 Å². The van der Waals surface area contributed by atoms with Crippen LogP contribution in [0.5, 0.6) is 17.2 Å². The smallest absolute Gasteiger partial charge is 0.414 e. The molecule has 0 aliphatic rings. The first-order chi connectivity index (χ1) is 12.9. The van der Waals surface area contributed by atoms with Gasteiger partial charge in [-0.3, -0.25) is 0 Å². The highest BCUT2D eigenvalue weighted by Gasteiger charge is 2.15. The van der Waals surface area contributed by atoms with Crippen molar-refractivity contribution >= 4 is 17.1 Å². The van der Waals surface area contributed by atoms with Gasteiger partial charge in [0.25, 0.3) is 0 Å². The molecule has 0 fully saturated rings. The van der Waals surface area contributed by atoms with Gasteiger partial charge in [-0.1, -0.05) is 0 Å². The lowest BCUT2D eigenvalue weighted by molar-refractivity contribution is 0.172. The van der Waals surface area contributed by atoms with Crippen molar-refractivity contribution in [2.75, 3.05) is 28.3 Å². The molecule has 1 amide bonds. The number of carbonyl (C=O) groups excluding carboxylic acids is 1. The lowest BCUT2D eigenvalue weighted by Gasteiger charge is -2.12. The molecule has 0 N–H and O–H groups in total. The van der Waals surface area contributed by atoms with Crippen LogP contribution in [0.15, 0.2) is 51.7 Å². The van der Waals surface area contributed by atoms with E-state index in [1.165, 1.54) is 18.1 Å². The molecule has 0 saturated heterocycles. The summed E-state index contributed by atoms with van der Waals surface area (Å²) in [5.74, 6) is 1.41. The van der Waals surface area contributed by atoms with Crippen LogP contribution in [0.1, 0.15) is 0 Å². The Morgan fingerprint density at radius 1 is 0.926 bits per heavy atom. The van der Waals surface area contributed by atoms with Crippen molar-refractivity contribution in [3.8, 4) is 28.4 Å². The standard InChI is InChI=1S/C20H19NO6/c1-21(2)20(23)26-14-6-5-12-9-16(19(22)27-17(12)11-14)15-8-7-13(24-3)10-18(15)25-4/h5-11H,1-4H3. The number of carbonyl (C=O) groups is 1. The van der Waals surface area contributed by atoms with Crippen LogP contribution in [0.2, 0.25) is 0 Å². The van der Waals surface area contributed by atoms with Crippen molar-refractivity contribution in [1.82, 2.24) is 4.90 Å². The first-order valence-corrected chi connectivity index (χ1v) is 8.12. The zero-order valence-corrected chi connectivity index (χ0v) is 15.4. The summed E-state index contributed by atoms with van der Waals surface area (Å²) in [6.45, 7) is 0. The molecule has 0 spiro atoms. The maximum atomic E-state index is 12.5. The van der Waals surface area contributed by atoms with Crippen LogP contribution >= 0.6 is 0 Å². The van der Waals surface area contributed by atoms with E-state index < -0.39 is 11.7 Å². The van der Waals surface area contributed by atoms with E-state index >= 15 is 0 Å². The molecule has 0 radical (unpaired) electrons. The highest BCUT2D eigenvalue weighted by molar-refractivity contribution is 5.84. The largest absolute Gasteiger partial charge is 0.497 e. The highest BCUT2D eigenvalue weighted by Crippen LogP contribution is 2.33. The van der Waals surface area contributed by atoms with Crippen LogP contribution < -0.4 is 19.8 Å². The Morgan fingerprint density at radius 2 is 1.67 bits per heavy atom. The van der Waals surface area contributed by atoms with Gasteiger partial charge in [-0.2, -0.15) is 0 Å². The molecule has 0 atom stereocenters. The molecule has 1 aromatic heterocycles. The van der Waals surface area contributed by atoms with E-state index in [4.69, 9.17) is 18.6 Å². The maximum absolute atomic E-state index is 12.5. The van der Waals surface area contributed by atoms with E-state index in [2.05, 4.69) is 0 Å². The van der Waals surface area contributed by atoms with Crippen molar-refractivity contribution in [1.29, 1.82) is 0 Å². The Morgan fingerprint density at radius 3 is 2.33 bits per heavy atom. The van der Waals surface area contributed by atoms with Crippen LogP contribution in [0.3, 0.4) is 0 Å². The van der Waals surface area contributed by atoms with Crippen molar-refractivity contribution in [2.45, 2.75) is 0 Å². The van der Waals surface area contributed by atoms with Gasteiger partial charge in [0.05, 0.1) is 19.8 Å². The molecule has 0 unspecified atom stereocenters. The van der Waals surface area contributed by atoms with Crippen LogP contribution in [-0.4, -0.2) is 39.3 Å². The Balaban J connectivity index is 2.06. The van der Waals surface area contributed by atoms with Gasteiger partial charge in [0.2, 0.25) is 0 Å². The number of methoxy groups -OCH3 is 2. The molecule has 3 rings (SSSR count). The van der Waals surface area contributed by atoms with Crippen molar-refractivity contribution < 1.29 is 23.4 Å². The third-order valence-electron chi connectivity index (χ3n) is 3.98. The number of ether oxygens (including phenoxy) is 3. The summed E-state index contributed by atoms with van der Waals surface area (Å²) < 4.78 is 21.2. The minimum atomic E-state index is -0.526. The second-order valence-corrected chi connectivity index (χ2v) is 5.98. The van der Waals surface area contributed by atoms with Crippen LogP contribution in [0.4, 0.5) is 4.79 Å². The number of nitrogens with zero attached hydrogens (tertiary/aromatic N) is 1. The fourth-order valence-corrected chi connectivity index (χ4v) is 2.56. The fraction of sp³-hybridized carbons (Fsp3) is 0.200. The molecular weight excluding hydrogens is 350 g/mol. The normalized spacial score (nSPS) is 10.5. The van der Waals surface area contributed by atoms with E-state index in [0.29, 0.717) is 39.3 Å². The summed E-state index contributed by atoms with van der Waals surface area (Å²) >= 11 is 0. The Labute approximate surface area is 155 Å². The summed E-state index contributed by atoms with van der Waals surface area (Å²) in [6, 6.07) is 11.8. The molecule has 0 aliphatic carbocycles. The van der Waals surface area contributed by atoms with Gasteiger partial charge in [0.1, 0.15) is 22.8 Å². The molecule has 27 heavy (non-hydrogen) atoms. The molecule has 0 bridgehead atoms. The van der Waals surface area contributed by atoms with Gasteiger partial charge in [-0.15, -0.1) is 0 Å². The topological polar surface area (TPSA) is 78.2 Å². The average molecular weight is 369 g/mol. The molecule has 7 nitrogen and oxygen atoms in total. The lowest BCUT2D eigenvalue weighted by atomic mass is 10.0. The van der Waals surface area contributed by atoms with Crippen LogP contribution in [0, 0.1) is 0 Å². The molecule has 3 aromatic rings. The monoisotopic (exact) mass is 369 g/mol. The Bertz CT molecular complexity index is 1050. The molecule has 1 heterocycles. The third kappa shape index (κ3) is 3.72. The van der Waals surface area contributed by atoms with E-state index in [1.54, 1.807) is 57.6 Å². The highest BCUT2D eigenvalue weighted by atomic mass is 16.6. The van der Waals surface area contributed by atoms with Crippen LogP contribution in [-0.2, 0) is 0 Å². The van der Waals surface area contributed by atoms with E-state index in [9.17, 15) is 9.59 Å². The summed E-state index contributed by atoms with van der Waals surface area (Å²) in [7, 11) is 6.24. The van der Waals surface area contributed by atoms with Gasteiger partial charge >= 0.3 is 11.7 Å². The zero-order chi connectivity index (χ0) is 19.6. The number of rotatable bonds is 4. The predicted molar refractivity (Wildman–Crippen MR) is 101 cm³/mol. The second-order valence-electron chi connectivity index (χ2n) is 5.98. The first-order valence-electron chi connectivity index (χ1n) is 8.12. The van der Waals surface area contributed by atoms with Gasteiger partial charge in [0.15, 0.2) is 0 Å². The van der Waals surface area contributed by atoms with Crippen molar-refractivity contribution in [3.05, 3.63) is 52.9 Å². The van der Waals surface area contributed by atoms with Gasteiger partial charge in [-0.25, -0.2) is 9.59 Å². The van der Waals surface area contributed by atoms with Gasteiger partial charge < -0.3 is 23.5 Å². The van der Waals surface area contributed by atoms with E-state index in [1.807, 2.05) is 0 Å². The molecule has 2 aromatic carbocycles. The number of amides is 1. The minimum absolute atomic E-state index is 0.291. The zero-order valence-electron chi connectivity index (χ0n) is 15.4. The molecule has 0 saturated carbocycles. The lowest BCUT2D eigenvalue weighted by Crippen LogP contribution is -2.25. The minimum Gasteiger partial charge on any atom is -0.497 e. The SMILES string of the molecule is COc1ccc(-c2cc3ccc(OC(=O)N(C)C)cc3oc2=O)c(OC)c1. The first kappa shape index (κ1) is 18.3. The maximum Gasteiger partial charge on any atom is 0.414 e. The summed E-state index contributed by atoms with van der Waals surface area (Å²) in [4.78, 5) is 25.5. The summed E-state index contributed by atoms with van der Waals surface area (Å²) in [5, 5.41) is 0.687. The van der Waals surface area contributed by atoms with Crippen molar-refractivity contribution in [3.63, 3.8) is 0 Å². The predicted octanol–water partition coefficient (Wildman–Crippen LogP) is 3.54. The number of fused-ring (bicyclic) bond motifs is 1. The number of benzene rings is 2. The quantitative estimate of drug-likeness (QED) is 0.655. The Hall–Kier alpha value is -3.48. The summed E-state index contributed by atoms with van der Waals surface area (Å²) in [6.07, 6.45) is -0.517. The van der Waals surface area contributed by atoms with E-state index in [-0.39, 0.29) is 0 Å². The molecular formula is C20H19NO6. The Kier molecular flexibility index (Phi) is 5.03. The van der Waals surface area contributed by atoms with Crippen LogP contribution in [0.25, 0.3) is 22.1 Å². The molecule has 140 valence electrons. The number of hydrogen-bond acceptors (Lipinski definition) is 6. The molecule has 7 heteroatoms. The average Bonchev–Trinajstić information content (AvgIpc) is 2.66.